The van der Waals surface area contributed by atoms with E-state index in [1.165, 1.54) is 11.5 Å². The zero-order chi connectivity index (χ0) is 10.8. The van der Waals surface area contributed by atoms with E-state index >= 15 is 0 Å². The van der Waals surface area contributed by atoms with Crippen LogP contribution in [0.3, 0.4) is 0 Å². The number of benzene rings is 1. The van der Waals surface area contributed by atoms with Gasteiger partial charge < -0.3 is 4.52 Å². The fraction of sp³-hybridized carbons (Fsp3) is 0.417. The Morgan fingerprint density at radius 3 is 2.94 bits per heavy atom. The number of hydrogen-bond acceptors (Lipinski definition) is 4. The van der Waals surface area contributed by atoms with Crippen molar-refractivity contribution < 1.29 is 4.52 Å². The molecule has 0 atom stereocenters. The molecule has 0 radical (unpaired) electrons. The summed E-state index contributed by atoms with van der Waals surface area (Å²) in [6.45, 7) is 3.23. The van der Waals surface area contributed by atoms with Crippen LogP contribution in [0.4, 0.5) is 0 Å². The van der Waals surface area contributed by atoms with Gasteiger partial charge in [0, 0.05) is 36.5 Å². The van der Waals surface area contributed by atoms with E-state index in [1.54, 1.807) is 0 Å². The molecular weight excluding hydrogens is 220 g/mol. The lowest BCUT2D eigenvalue weighted by atomic mass is 10.2. The van der Waals surface area contributed by atoms with Gasteiger partial charge in [-0.1, -0.05) is 17.3 Å². The lowest BCUT2D eigenvalue weighted by Gasteiger charge is -2.24. The van der Waals surface area contributed by atoms with Crippen molar-refractivity contribution in [3.63, 3.8) is 0 Å². The lowest BCUT2D eigenvalue weighted by molar-refractivity contribution is 0.284. The second-order valence-electron chi connectivity index (χ2n) is 4.01. The summed E-state index contributed by atoms with van der Waals surface area (Å²) in [6, 6.07) is 8.07. The Labute approximate surface area is 98.8 Å². The first-order valence-electron chi connectivity index (χ1n) is 5.57. The molecule has 0 saturated carbocycles. The molecule has 0 unspecified atom stereocenters. The highest BCUT2D eigenvalue weighted by Gasteiger charge is 2.14. The summed E-state index contributed by atoms with van der Waals surface area (Å²) in [6.07, 6.45) is 0. The van der Waals surface area contributed by atoms with Crippen LogP contribution in [-0.2, 0) is 6.54 Å². The van der Waals surface area contributed by atoms with E-state index in [9.17, 15) is 0 Å². The Hall–Kier alpha value is -1.00. The summed E-state index contributed by atoms with van der Waals surface area (Å²) in [5, 5.41) is 5.32. The first-order valence-corrected chi connectivity index (χ1v) is 6.72. The minimum absolute atomic E-state index is 0.892. The fourth-order valence-electron chi connectivity index (χ4n) is 2.02. The molecule has 16 heavy (non-hydrogen) atoms. The molecule has 3 nitrogen and oxygen atoms in total. The third-order valence-electron chi connectivity index (χ3n) is 2.93. The van der Waals surface area contributed by atoms with Gasteiger partial charge in [-0.2, -0.15) is 11.8 Å². The van der Waals surface area contributed by atoms with Crippen molar-refractivity contribution in [1.82, 2.24) is 10.1 Å². The molecule has 2 aromatic rings. The number of thioether (sulfide) groups is 1. The van der Waals surface area contributed by atoms with Crippen LogP contribution in [0.1, 0.15) is 5.69 Å². The van der Waals surface area contributed by atoms with Gasteiger partial charge in [0.15, 0.2) is 5.58 Å². The van der Waals surface area contributed by atoms with E-state index in [1.807, 2.05) is 30.0 Å². The molecule has 1 aliphatic heterocycles. The number of hydrogen-bond donors (Lipinski definition) is 0. The largest absolute Gasteiger partial charge is 0.356 e. The molecule has 0 N–H and O–H groups in total. The minimum atomic E-state index is 0.892. The molecule has 1 aromatic heterocycles. The van der Waals surface area contributed by atoms with Crippen LogP contribution in [0.15, 0.2) is 28.8 Å². The number of aromatic nitrogens is 1. The van der Waals surface area contributed by atoms with E-state index < -0.39 is 0 Å². The van der Waals surface area contributed by atoms with Crippen molar-refractivity contribution in [2.45, 2.75) is 6.54 Å². The highest BCUT2D eigenvalue weighted by Crippen LogP contribution is 2.20. The zero-order valence-corrected chi connectivity index (χ0v) is 9.87. The second kappa shape index (κ2) is 4.47. The SMILES string of the molecule is c1ccc2c(CN3CCSCC3)noc2c1. The number of nitrogens with zero attached hydrogens (tertiary/aromatic N) is 2. The minimum Gasteiger partial charge on any atom is -0.356 e. The zero-order valence-electron chi connectivity index (χ0n) is 9.06. The van der Waals surface area contributed by atoms with Crippen molar-refractivity contribution in [1.29, 1.82) is 0 Å². The van der Waals surface area contributed by atoms with Gasteiger partial charge >= 0.3 is 0 Å². The Morgan fingerprint density at radius 2 is 2.06 bits per heavy atom. The molecule has 0 aliphatic carbocycles. The Balaban J connectivity index is 1.83. The number of rotatable bonds is 2. The third-order valence-corrected chi connectivity index (χ3v) is 3.87. The highest BCUT2D eigenvalue weighted by molar-refractivity contribution is 7.99. The predicted octanol–water partition coefficient (Wildman–Crippen LogP) is 2.38. The number of fused-ring (bicyclic) bond motifs is 1. The van der Waals surface area contributed by atoms with E-state index in [-0.39, 0.29) is 0 Å². The molecule has 1 fully saturated rings. The van der Waals surface area contributed by atoms with Gasteiger partial charge in [0.1, 0.15) is 5.69 Å². The van der Waals surface area contributed by atoms with Crippen molar-refractivity contribution in [2.24, 2.45) is 0 Å². The Kier molecular flexibility index (Phi) is 2.84. The number of para-hydroxylation sites is 1. The van der Waals surface area contributed by atoms with E-state index in [0.29, 0.717) is 0 Å². The molecule has 0 amide bonds. The maximum atomic E-state index is 5.31. The molecule has 4 heteroatoms. The molecule has 2 heterocycles. The van der Waals surface area contributed by atoms with Gasteiger partial charge in [-0.05, 0) is 12.1 Å². The maximum absolute atomic E-state index is 5.31. The van der Waals surface area contributed by atoms with E-state index in [4.69, 9.17) is 4.52 Å². The van der Waals surface area contributed by atoms with Crippen molar-refractivity contribution in [3.05, 3.63) is 30.0 Å². The van der Waals surface area contributed by atoms with Crippen LogP contribution >= 0.6 is 11.8 Å². The molecule has 1 aromatic carbocycles. The maximum Gasteiger partial charge on any atom is 0.167 e. The van der Waals surface area contributed by atoms with E-state index in [0.717, 1.165) is 36.3 Å². The van der Waals surface area contributed by atoms with Crippen LogP contribution in [0, 0.1) is 0 Å². The van der Waals surface area contributed by atoms with Gasteiger partial charge in [0.2, 0.25) is 0 Å². The summed E-state index contributed by atoms with van der Waals surface area (Å²) in [4.78, 5) is 2.45. The summed E-state index contributed by atoms with van der Waals surface area (Å²) in [5.41, 5.74) is 1.96. The summed E-state index contributed by atoms with van der Waals surface area (Å²) < 4.78 is 5.31. The van der Waals surface area contributed by atoms with Crippen LogP contribution in [-0.4, -0.2) is 34.7 Å². The van der Waals surface area contributed by atoms with Gasteiger partial charge in [-0.25, -0.2) is 0 Å². The predicted molar refractivity (Wildman–Crippen MR) is 66.6 cm³/mol. The van der Waals surface area contributed by atoms with Crippen LogP contribution in [0.2, 0.25) is 0 Å². The Bertz CT molecular complexity index is 477. The smallest absolute Gasteiger partial charge is 0.167 e. The summed E-state index contributed by atoms with van der Waals surface area (Å²) >= 11 is 2.03. The first kappa shape index (κ1) is 10.2. The van der Waals surface area contributed by atoms with Crippen LogP contribution < -0.4 is 0 Å². The van der Waals surface area contributed by atoms with Gasteiger partial charge in [-0.3, -0.25) is 4.90 Å². The molecule has 0 bridgehead atoms. The Morgan fingerprint density at radius 1 is 1.25 bits per heavy atom. The molecule has 3 rings (SSSR count). The molecule has 0 spiro atoms. The van der Waals surface area contributed by atoms with Crippen molar-refractivity contribution in [2.75, 3.05) is 24.6 Å². The van der Waals surface area contributed by atoms with Gasteiger partial charge in [-0.15, -0.1) is 0 Å². The average Bonchev–Trinajstić information content (AvgIpc) is 2.74. The van der Waals surface area contributed by atoms with Crippen LogP contribution in [0.25, 0.3) is 11.0 Å². The quantitative estimate of drug-likeness (QED) is 0.798. The lowest BCUT2D eigenvalue weighted by Crippen LogP contribution is -2.32. The van der Waals surface area contributed by atoms with Crippen molar-refractivity contribution in [3.8, 4) is 0 Å². The van der Waals surface area contributed by atoms with Crippen molar-refractivity contribution >= 4 is 22.7 Å². The summed E-state index contributed by atoms with van der Waals surface area (Å²) in [5.74, 6) is 2.46. The first-order chi connectivity index (χ1) is 7.93. The fourth-order valence-corrected chi connectivity index (χ4v) is 3.00. The molecule has 1 saturated heterocycles. The van der Waals surface area contributed by atoms with Crippen LogP contribution in [0.5, 0.6) is 0 Å². The summed E-state index contributed by atoms with van der Waals surface area (Å²) in [7, 11) is 0. The molecular formula is C12H14N2OS. The van der Waals surface area contributed by atoms with Gasteiger partial charge in [0.05, 0.1) is 0 Å². The standard InChI is InChI=1S/C12H14N2OS/c1-2-4-12-10(3-1)11(13-15-12)9-14-5-7-16-8-6-14/h1-4H,5-9H2. The average molecular weight is 234 g/mol. The molecule has 1 aliphatic rings. The van der Waals surface area contributed by atoms with E-state index in [2.05, 4.69) is 16.1 Å². The molecule has 84 valence electrons. The normalized spacial score (nSPS) is 18.0. The topological polar surface area (TPSA) is 29.3 Å². The monoisotopic (exact) mass is 234 g/mol. The second-order valence-corrected chi connectivity index (χ2v) is 5.24. The van der Waals surface area contributed by atoms with Gasteiger partial charge in [0.25, 0.3) is 0 Å². The third kappa shape index (κ3) is 1.95. The highest BCUT2D eigenvalue weighted by atomic mass is 32.2.